The van der Waals surface area contributed by atoms with E-state index in [-0.39, 0.29) is 0 Å². The van der Waals surface area contributed by atoms with Crippen molar-refractivity contribution in [3.05, 3.63) is 58.6 Å². The Kier molecular flexibility index (Phi) is 5.25. The minimum atomic E-state index is 0.604. The van der Waals surface area contributed by atoms with Crippen LogP contribution in [0.5, 0.6) is 0 Å². The molecule has 0 aromatic heterocycles. The number of rotatable bonds is 5. The average molecular weight is 287 g/mol. The molecule has 0 fully saturated rings. The maximum Gasteiger partial charge on any atom is 0.0412 e. The number of hydrogen-bond acceptors (Lipinski definition) is 0. The lowest BCUT2D eigenvalue weighted by Gasteiger charge is -2.18. The molecule has 0 aliphatic heterocycles. The molecule has 1 heteroatoms. The summed E-state index contributed by atoms with van der Waals surface area (Å²) < 4.78 is 0. The van der Waals surface area contributed by atoms with Crippen molar-refractivity contribution in [2.45, 2.75) is 46.0 Å². The topological polar surface area (TPSA) is 0 Å². The van der Waals surface area contributed by atoms with E-state index in [2.05, 4.69) is 57.2 Å². The number of benzene rings is 2. The molecule has 2 aromatic carbocycles. The molecule has 0 spiro atoms. The standard InChI is InChI=1S/C19H23Cl/c1-4-14-8-7-9-16(12-14)19-13-17(20)10-11-18(19)15(5-2)6-3/h7-13,15H,4-6H2,1-3H3. The van der Waals surface area contributed by atoms with Gasteiger partial charge in [-0.3, -0.25) is 0 Å². The summed E-state index contributed by atoms with van der Waals surface area (Å²) >= 11 is 6.23. The fraction of sp³-hybridized carbons (Fsp3) is 0.368. The van der Waals surface area contributed by atoms with E-state index in [9.17, 15) is 0 Å². The summed E-state index contributed by atoms with van der Waals surface area (Å²) in [5, 5.41) is 0.816. The van der Waals surface area contributed by atoms with E-state index in [1.807, 2.05) is 6.07 Å². The molecule has 106 valence electrons. The number of aryl methyl sites for hydroxylation is 1. The monoisotopic (exact) mass is 286 g/mol. The molecule has 0 N–H and O–H groups in total. The lowest BCUT2D eigenvalue weighted by molar-refractivity contribution is 0.643. The van der Waals surface area contributed by atoms with E-state index in [4.69, 9.17) is 11.6 Å². The Morgan fingerprint density at radius 2 is 1.70 bits per heavy atom. The first-order valence-corrected chi connectivity index (χ1v) is 7.96. The zero-order chi connectivity index (χ0) is 14.5. The van der Waals surface area contributed by atoms with Crippen LogP contribution in [0.25, 0.3) is 11.1 Å². The van der Waals surface area contributed by atoms with Crippen LogP contribution in [0.3, 0.4) is 0 Å². The van der Waals surface area contributed by atoms with Crippen molar-refractivity contribution in [3.63, 3.8) is 0 Å². The van der Waals surface area contributed by atoms with Crippen molar-refractivity contribution in [2.75, 3.05) is 0 Å². The largest absolute Gasteiger partial charge is 0.0843 e. The van der Waals surface area contributed by atoms with Crippen molar-refractivity contribution >= 4 is 11.6 Å². The maximum absolute atomic E-state index is 6.23. The van der Waals surface area contributed by atoms with Crippen LogP contribution in [0.2, 0.25) is 5.02 Å². The van der Waals surface area contributed by atoms with Gasteiger partial charge in [0.2, 0.25) is 0 Å². The molecule has 0 bridgehead atoms. The SMILES string of the molecule is CCc1cccc(-c2cc(Cl)ccc2C(CC)CC)c1. The normalized spacial score (nSPS) is 11.1. The Morgan fingerprint density at radius 3 is 2.35 bits per heavy atom. The van der Waals surface area contributed by atoms with Gasteiger partial charge in [-0.15, -0.1) is 0 Å². The zero-order valence-electron chi connectivity index (χ0n) is 12.6. The van der Waals surface area contributed by atoms with Gasteiger partial charge in [0, 0.05) is 5.02 Å². The molecule has 0 heterocycles. The first-order chi connectivity index (χ1) is 9.69. The lowest BCUT2D eigenvalue weighted by atomic mass is 9.87. The fourth-order valence-electron chi connectivity index (χ4n) is 2.82. The van der Waals surface area contributed by atoms with Gasteiger partial charge in [-0.1, -0.05) is 62.7 Å². The average Bonchev–Trinajstić information content (AvgIpc) is 2.50. The van der Waals surface area contributed by atoms with Gasteiger partial charge in [0.15, 0.2) is 0 Å². The summed E-state index contributed by atoms with van der Waals surface area (Å²) in [6.45, 7) is 6.71. The second-order valence-electron chi connectivity index (χ2n) is 5.30. The Balaban J connectivity index is 2.55. The Bertz CT molecular complexity index is 568. The van der Waals surface area contributed by atoms with Crippen LogP contribution in [0.1, 0.15) is 50.7 Å². The van der Waals surface area contributed by atoms with E-state index in [0.717, 1.165) is 11.4 Å². The molecule has 0 saturated heterocycles. The quantitative estimate of drug-likeness (QED) is 0.590. The molecule has 2 rings (SSSR count). The zero-order valence-corrected chi connectivity index (χ0v) is 13.4. The Morgan fingerprint density at radius 1 is 0.950 bits per heavy atom. The molecule has 0 unspecified atom stereocenters. The van der Waals surface area contributed by atoms with Gasteiger partial charge in [-0.2, -0.15) is 0 Å². The Labute approximate surface area is 127 Å². The smallest absolute Gasteiger partial charge is 0.0412 e. The lowest BCUT2D eigenvalue weighted by Crippen LogP contribution is -1.99. The molecule has 0 aliphatic carbocycles. The van der Waals surface area contributed by atoms with E-state index in [0.29, 0.717) is 5.92 Å². The predicted molar refractivity (Wildman–Crippen MR) is 89.6 cm³/mol. The molecule has 20 heavy (non-hydrogen) atoms. The molecule has 0 amide bonds. The molecule has 0 nitrogen and oxygen atoms in total. The van der Waals surface area contributed by atoms with E-state index >= 15 is 0 Å². The van der Waals surface area contributed by atoms with Crippen LogP contribution in [-0.2, 0) is 6.42 Å². The second-order valence-corrected chi connectivity index (χ2v) is 5.74. The van der Waals surface area contributed by atoms with Crippen LogP contribution in [-0.4, -0.2) is 0 Å². The van der Waals surface area contributed by atoms with Crippen molar-refractivity contribution in [1.29, 1.82) is 0 Å². The Hall–Kier alpha value is -1.27. The third kappa shape index (κ3) is 3.24. The van der Waals surface area contributed by atoms with Gasteiger partial charge in [0.1, 0.15) is 0 Å². The van der Waals surface area contributed by atoms with Crippen molar-refractivity contribution < 1.29 is 0 Å². The highest BCUT2D eigenvalue weighted by molar-refractivity contribution is 6.30. The van der Waals surface area contributed by atoms with Gasteiger partial charge >= 0.3 is 0 Å². The number of halogens is 1. The van der Waals surface area contributed by atoms with Crippen LogP contribution in [0, 0.1) is 0 Å². The highest BCUT2D eigenvalue weighted by Crippen LogP contribution is 2.35. The van der Waals surface area contributed by atoms with Crippen molar-refractivity contribution in [1.82, 2.24) is 0 Å². The van der Waals surface area contributed by atoms with E-state index in [1.54, 1.807) is 0 Å². The third-order valence-corrected chi connectivity index (χ3v) is 4.32. The summed E-state index contributed by atoms with van der Waals surface area (Å²) in [4.78, 5) is 0. The summed E-state index contributed by atoms with van der Waals surface area (Å²) in [5.74, 6) is 0.604. The molecule has 0 saturated carbocycles. The van der Waals surface area contributed by atoms with Crippen LogP contribution in [0.15, 0.2) is 42.5 Å². The summed E-state index contributed by atoms with van der Waals surface area (Å²) in [6, 6.07) is 15.1. The fourth-order valence-corrected chi connectivity index (χ4v) is 2.99. The summed E-state index contributed by atoms with van der Waals surface area (Å²) in [6.07, 6.45) is 3.39. The molecular weight excluding hydrogens is 264 g/mol. The van der Waals surface area contributed by atoms with Crippen LogP contribution >= 0.6 is 11.6 Å². The van der Waals surface area contributed by atoms with E-state index in [1.165, 1.54) is 35.1 Å². The predicted octanol–water partition coefficient (Wildman–Crippen LogP) is 6.47. The number of hydrogen-bond donors (Lipinski definition) is 0. The highest BCUT2D eigenvalue weighted by atomic mass is 35.5. The first kappa shape index (κ1) is 15.1. The summed E-state index contributed by atoms with van der Waals surface area (Å²) in [7, 11) is 0. The van der Waals surface area contributed by atoms with Crippen molar-refractivity contribution in [2.24, 2.45) is 0 Å². The van der Waals surface area contributed by atoms with Crippen molar-refractivity contribution in [3.8, 4) is 11.1 Å². The van der Waals surface area contributed by atoms with E-state index < -0.39 is 0 Å². The third-order valence-electron chi connectivity index (χ3n) is 4.09. The minimum absolute atomic E-state index is 0.604. The molecule has 0 atom stereocenters. The van der Waals surface area contributed by atoms with Gasteiger partial charge in [0.25, 0.3) is 0 Å². The minimum Gasteiger partial charge on any atom is -0.0843 e. The van der Waals surface area contributed by atoms with Gasteiger partial charge in [-0.25, -0.2) is 0 Å². The molecule has 0 radical (unpaired) electrons. The molecular formula is C19H23Cl. The van der Waals surface area contributed by atoms with Gasteiger partial charge in [-0.05, 0) is 59.6 Å². The maximum atomic E-state index is 6.23. The van der Waals surface area contributed by atoms with Gasteiger partial charge < -0.3 is 0 Å². The second kappa shape index (κ2) is 6.95. The molecule has 0 aliphatic rings. The molecule has 2 aromatic rings. The first-order valence-electron chi connectivity index (χ1n) is 7.58. The van der Waals surface area contributed by atoms with Crippen LogP contribution < -0.4 is 0 Å². The summed E-state index contributed by atoms with van der Waals surface area (Å²) in [5.41, 5.74) is 5.38. The highest BCUT2D eigenvalue weighted by Gasteiger charge is 2.13. The van der Waals surface area contributed by atoms with Crippen LogP contribution in [0.4, 0.5) is 0 Å². The van der Waals surface area contributed by atoms with Gasteiger partial charge in [0.05, 0.1) is 0 Å².